The Kier molecular flexibility index (Phi) is 5.26. The van der Waals surface area contributed by atoms with Crippen LogP contribution in [0.1, 0.15) is 29.5 Å². The Morgan fingerprint density at radius 3 is 2.63 bits per heavy atom. The number of nitrogens with zero attached hydrogens (tertiary/aromatic N) is 4. The highest BCUT2D eigenvalue weighted by molar-refractivity contribution is 6.00. The van der Waals surface area contributed by atoms with E-state index in [0.29, 0.717) is 19.1 Å². The number of rotatable bonds is 6. The maximum Gasteiger partial charge on any atom is 0.142 e. The normalized spacial score (nSPS) is 13.7. The molecule has 1 saturated carbocycles. The molecule has 27 heavy (non-hydrogen) atoms. The summed E-state index contributed by atoms with van der Waals surface area (Å²) in [6, 6.07) is 18.1. The second kappa shape index (κ2) is 8.33. The fraction of sp³-hybridized carbons (Fsp3) is 0.227. The van der Waals surface area contributed by atoms with Crippen molar-refractivity contribution in [3.8, 4) is 11.8 Å². The smallest absolute Gasteiger partial charge is 0.142 e. The van der Waals surface area contributed by atoms with Crippen LogP contribution in [0.4, 0.5) is 0 Å². The van der Waals surface area contributed by atoms with Crippen LogP contribution in [0.3, 0.4) is 0 Å². The minimum Gasteiger partial charge on any atom is -0.391 e. The van der Waals surface area contributed by atoms with Crippen LogP contribution in [-0.2, 0) is 18.0 Å². The molecule has 1 heterocycles. The summed E-state index contributed by atoms with van der Waals surface area (Å²) < 4.78 is 1.73. The van der Waals surface area contributed by atoms with Gasteiger partial charge in [-0.3, -0.25) is 0 Å². The van der Waals surface area contributed by atoms with Crippen molar-refractivity contribution in [1.29, 1.82) is 0 Å². The zero-order chi connectivity index (χ0) is 18.3. The minimum absolute atomic E-state index is 0.423. The van der Waals surface area contributed by atoms with Gasteiger partial charge in [0, 0.05) is 17.0 Å². The zero-order valence-electron chi connectivity index (χ0n) is 15.0. The molecule has 0 atom stereocenters. The molecule has 5 nitrogen and oxygen atoms in total. The Labute approximate surface area is 158 Å². The number of aromatic nitrogens is 3. The van der Waals surface area contributed by atoms with Crippen LogP contribution in [0.2, 0.25) is 0 Å². The van der Waals surface area contributed by atoms with Gasteiger partial charge in [-0.25, -0.2) is 9.67 Å². The fourth-order valence-electron chi connectivity index (χ4n) is 2.56. The van der Waals surface area contributed by atoms with Gasteiger partial charge in [-0.05, 0) is 30.5 Å². The summed E-state index contributed by atoms with van der Waals surface area (Å²) in [5, 5.41) is 8.54. The Bertz CT molecular complexity index is 947. The van der Waals surface area contributed by atoms with Gasteiger partial charge >= 0.3 is 0 Å². The first-order valence-electron chi connectivity index (χ1n) is 9.04. The van der Waals surface area contributed by atoms with E-state index in [1.807, 2.05) is 54.6 Å². The number of hydrogen-bond donors (Lipinski definition) is 0. The van der Waals surface area contributed by atoms with Gasteiger partial charge in [-0.1, -0.05) is 59.5 Å². The van der Waals surface area contributed by atoms with E-state index in [4.69, 9.17) is 4.84 Å². The molecular formula is C22H20N4O. The Balaban J connectivity index is 1.50. The summed E-state index contributed by atoms with van der Waals surface area (Å²) >= 11 is 0. The van der Waals surface area contributed by atoms with Crippen LogP contribution in [0.5, 0.6) is 0 Å². The summed E-state index contributed by atoms with van der Waals surface area (Å²) in [5.74, 6) is 7.12. The first-order valence-corrected chi connectivity index (χ1v) is 9.04. The standard InChI is InChI=1S/C22H20N4O/c1-2-4-20(5-3-1)15-27-25-22(14-26-17-23-16-24-26)21-12-10-19(11-13-21)9-8-18-6-7-18/h1-5,10-13,16-18H,6-7,14-15H2. The van der Waals surface area contributed by atoms with Crippen LogP contribution in [0.25, 0.3) is 0 Å². The summed E-state index contributed by atoms with van der Waals surface area (Å²) in [5.41, 5.74) is 3.87. The molecule has 0 saturated heterocycles. The lowest BCUT2D eigenvalue weighted by molar-refractivity contribution is 0.130. The molecule has 4 rings (SSSR count). The predicted octanol–water partition coefficient (Wildman–Crippen LogP) is 3.66. The lowest BCUT2D eigenvalue weighted by atomic mass is 10.1. The van der Waals surface area contributed by atoms with E-state index in [1.54, 1.807) is 11.0 Å². The van der Waals surface area contributed by atoms with E-state index < -0.39 is 0 Å². The number of benzene rings is 2. The molecule has 1 aliphatic carbocycles. The van der Waals surface area contributed by atoms with Gasteiger partial charge in [0.05, 0.1) is 6.54 Å². The highest BCUT2D eigenvalue weighted by Gasteiger charge is 2.17. The highest BCUT2D eigenvalue weighted by Crippen LogP contribution is 2.27. The van der Waals surface area contributed by atoms with Gasteiger partial charge in [-0.2, -0.15) is 5.10 Å². The van der Waals surface area contributed by atoms with Crippen molar-refractivity contribution in [2.75, 3.05) is 0 Å². The second-order valence-corrected chi connectivity index (χ2v) is 6.51. The van der Waals surface area contributed by atoms with Crippen molar-refractivity contribution in [3.05, 3.63) is 83.9 Å². The molecule has 0 bridgehead atoms. The molecule has 0 amide bonds. The Hall–Kier alpha value is -3.39. The van der Waals surface area contributed by atoms with Gasteiger partial charge in [-0.15, -0.1) is 0 Å². The Morgan fingerprint density at radius 1 is 1.11 bits per heavy atom. The van der Waals surface area contributed by atoms with E-state index in [9.17, 15) is 0 Å². The van der Waals surface area contributed by atoms with E-state index >= 15 is 0 Å². The SMILES string of the molecule is C(#CC1CC1)c1ccc(C(Cn2cncn2)=NOCc2ccccc2)cc1. The van der Waals surface area contributed by atoms with Crippen LogP contribution >= 0.6 is 0 Å². The number of oxime groups is 1. The highest BCUT2D eigenvalue weighted by atomic mass is 16.6. The molecular weight excluding hydrogens is 336 g/mol. The molecule has 5 heteroatoms. The van der Waals surface area contributed by atoms with Crippen molar-refractivity contribution < 1.29 is 4.84 Å². The zero-order valence-corrected chi connectivity index (χ0v) is 15.0. The molecule has 0 N–H and O–H groups in total. The van der Waals surface area contributed by atoms with Crippen LogP contribution < -0.4 is 0 Å². The topological polar surface area (TPSA) is 52.3 Å². The van der Waals surface area contributed by atoms with Crippen LogP contribution in [-0.4, -0.2) is 20.5 Å². The average molecular weight is 356 g/mol. The summed E-state index contributed by atoms with van der Waals surface area (Å²) in [6.07, 6.45) is 5.65. The lowest BCUT2D eigenvalue weighted by Gasteiger charge is -2.08. The molecule has 1 fully saturated rings. The minimum atomic E-state index is 0.423. The predicted molar refractivity (Wildman–Crippen MR) is 104 cm³/mol. The Morgan fingerprint density at radius 2 is 1.93 bits per heavy atom. The molecule has 0 radical (unpaired) electrons. The third kappa shape index (κ3) is 5.05. The van der Waals surface area contributed by atoms with Crippen LogP contribution in [0.15, 0.2) is 72.4 Å². The largest absolute Gasteiger partial charge is 0.391 e. The first kappa shape index (κ1) is 17.0. The van der Waals surface area contributed by atoms with E-state index in [-0.39, 0.29) is 0 Å². The molecule has 1 aromatic heterocycles. The third-order valence-electron chi connectivity index (χ3n) is 4.24. The maximum atomic E-state index is 5.60. The lowest BCUT2D eigenvalue weighted by Crippen LogP contribution is -2.13. The van der Waals surface area contributed by atoms with Gasteiger partial charge in [0.1, 0.15) is 25.0 Å². The van der Waals surface area contributed by atoms with E-state index in [2.05, 4.69) is 27.1 Å². The van der Waals surface area contributed by atoms with Gasteiger partial charge < -0.3 is 4.84 Å². The monoisotopic (exact) mass is 356 g/mol. The summed E-state index contributed by atoms with van der Waals surface area (Å²) in [6.45, 7) is 0.911. The van der Waals surface area contributed by atoms with E-state index in [1.165, 1.54) is 19.2 Å². The first-order chi connectivity index (χ1) is 13.4. The summed E-state index contributed by atoms with van der Waals surface area (Å²) in [7, 11) is 0. The van der Waals surface area contributed by atoms with Crippen LogP contribution in [0, 0.1) is 17.8 Å². The fourth-order valence-corrected chi connectivity index (χ4v) is 2.56. The molecule has 134 valence electrons. The van der Waals surface area contributed by atoms with Crippen molar-refractivity contribution >= 4 is 5.71 Å². The van der Waals surface area contributed by atoms with Crippen molar-refractivity contribution in [2.24, 2.45) is 11.1 Å². The van der Waals surface area contributed by atoms with Crippen molar-refractivity contribution in [2.45, 2.75) is 26.0 Å². The molecule has 3 aromatic rings. The quantitative estimate of drug-likeness (QED) is 0.385. The maximum absolute atomic E-state index is 5.60. The third-order valence-corrected chi connectivity index (χ3v) is 4.24. The van der Waals surface area contributed by atoms with Gasteiger partial charge in [0.15, 0.2) is 0 Å². The number of hydrogen-bond acceptors (Lipinski definition) is 4. The second-order valence-electron chi connectivity index (χ2n) is 6.51. The molecule has 0 aliphatic heterocycles. The molecule has 1 aliphatic rings. The average Bonchev–Trinajstić information content (AvgIpc) is 3.41. The van der Waals surface area contributed by atoms with Crippen molar-refractivity contribution in [1.82, 2.24) is 14.8 Å². The van der Waals surface area contributed by atoms with Gasteiger partial charge in [0.2, 0.25) is 0 Å². The molecule has 0 spiro atoms. The van der Waals surface area contributed by atoms with Gasteiger partial charge in [0.25, 0.3) is 0 Å². The van der Waals surface area contributed by atoms with E-state index in [0.717, 1.165) is 22.4 Å². The summed E-state index contributed by atoms with van der Waals surface area (Å²) in [4.78, 5) is 9.60. The molecule has 0 unspecified atom stereocenters. The van der Waals surface area contributed by atoms with Crippen molar-refractivity contribution in [3.63, 3.8) is 0 Å². The molecule has 2 aromatic carbocycles.